The van der Waals surface area contributed by atoms with Crippen LogP contribution in [0.25, 0.3) is 10.9 Å². The van der Waals surface area contributed by atoms with Crippen LogP contribution in [-0.2, 0) is 6.42 Å². The second-order valence-electron chi connectivity index (χ2n) is 5.41. The predicted octanol–water partition coefficient (Wildman–Crippen LogP) is 4.10. The highest BCUT2D eigenvalue weighted by atomic mass is 35.5. The monoisotopic (exact) mass is 312 g/mol. The first kappa shape index (κ1) is 14.7. The number of carbonyl (C=O) groups is 1. The van der Waals surface area contributed by atoms with Gasteiger partial charge in [0.25, 0.3) is 5.91 Å². The van der Waals surface area contributed by atoms with Gasteiger partial charge < -0.3 is 10.3 Å². The number of amides is 1. The van der Waals surface area contributed by atoms with Crippen LogP contribution in [0.2, 0.25) is 5.02 Å². The number of hydrogen-bond acceptors (Lipinski definition) is 1. The molecule has 3 rings (SSSR count). The maximum absolute atomic E-state index is 12.2. The van der Waals surface area contributed by atoms with E-state index in [4.69, 9.17) is 11.6 Å². The molecule has 4 heteroatoms. The van der Waals surface area contributed by atoms with E-state index in [1.54, 1.807) is 0 Å². The van der Waals surface area contributed by atoms with Crippen LogP contribution in [0.4, 0.5) is 0 Å². The van der Waals surface area contributed by atoms with E-state index < -0.39 is 0 Å². The standard InChI is InChI=1S/C18H17ClN2O/c1-12-2-5-14-11-17(21-16(14)10-12)18(22)20-9-8-13-3-6-15(19)7-4-13/h2-7,10-11,21H,8-9H2,1H3,(H,20,22). The van der Waals surface area contributed by atoms with Crippen LogP contribution in [0.15, 0.2) is 48.5 Å². The lowest BCUT2D eigenvalue weighted by Gasteiger charge is -2.04. The van der Waals surface area contributed by atoms with Gasteiger partial charge in [-0.2, -0.15) is 0 Å². The summed E-state index contributed by atoms with van der Waals surface area (Å²) in [4.78, 5) is 15.3. The van der Waals surface area contributed by atoms with Crippen LogP contribution in [0.5, 0.6) is 0 Å². The highest BCUT2D eigenvalue weighted by Gasteiger charge is 2.09. The molecule has 0 bridgehead atoms. The van der Waals surface area contributed by atoms with Gasteiger partial charge in [0.1, 0.15) is 5.69 Å². The van der Waals surface area contributed by atoms with Crippen molar-refractivity contribution in [1.82, 2.24) is 10.3 Å². The van der Waals surface area contributed by atoms with Crippen molar-refractivity contribution >= 4 is 28.4 Å². The van der Waals surface area contributed by atoms with Gasteiger partial charge in [-0.15, -0.1) is 0 Å². The minimum Gasteiger partial charge on any atom is -0.351 e. The molecule has 0 fully saturated rings. The average molecular weight is 313 g/mol. The Labute approximate surface area is 134 Å². The molecule has 1 aromatic heterocycles. The fourth-order valence-electron chi connectivity index (χ4n) is 2.43. The van der Waals surface area contributed by atoms with Crippen molar-refractivity contribution in [3.05, 3.63) is 70.4 Å². The molecule has 22 heavy (non-hydrogen) atoms. The molecule has 1 amide bonds. The normalized spacial score (nSPS) is 10.8. The number of halogens is 1. The van der Waals surface area contributed by atoms with Crippen molar-refractivity contribution in [2.75, 3.05) is 6.54 Å². The average Bonchev–Trinajstić information content (AvgIpc) is 2.92. The van der Waals surface area contributed by atoms with E-state index in [-0.39, 0.29) is 5.91 Å². The largest absolute Gasteiger partial charge is 0.351 e. The number of carbonyl (C=O) groups excluding carboxylic acids is 1. The summed E-state index contributed by atoms with van der Waals surface area (Å²) in [5.41, 5.74) is 3.90. The molecule has 3 aromatic rings. The van der Waals surface area contributed by atoms with Crippen molar-refractivity contribution in [2.45, 2.75) is 13.3 Å². The second kappa shape index (κ2) is 6.24. The number of aryl methyl sites for hydroxylation is 1. The Hall–Kier alpha value is -2.26. The van der Waals surface area contributed by atoms with E-state index in [9.17, 15) is 4.79 Å². The third-order valence-corrected chi connectivity index (χ3v) is 3.89. The molecule has 0 radical (unpaired) electrons. The zero-order chi connectivity index (χ0) is 15.5. The SMILES string of the molecule is Cc1ccc2cc(C(=O)NCCc3ccc(Cl)cc3)[nH]c2c1. The third-order valence-electron chi connectivity index (χ3n) is 3.64. The molecule has 0 aliphatic heterocycles. The van der Waals surface area contributed by atoms with Gasteiger partial charge in [0.05, 0.1) is 0 Å². The van der Waals surface area contributed by atoms with E-state index in [2.05, 4.69) is 10.3 Å². The zero-order valence-electron chi connectivity index (χ0n) is 12.3. The summed E-state index contributed by atoms with van der Waals surface area (Å²) in [5, 5.41) is 4.71. The van der Waals surface area contributed by atoms with Gasteiger partial charge in [0.15, 0.2) is 0 Å². The molecule has 2 aromatic carbocycles. The minimum atomic E-state index is -0.0807. The van der Waals surface area contributed by atoms with Gasteiger partial charge in [0.2, 0.25) is 0 Å². The molecule has 0 aliphatic rings. The smallest absolute Gasteiger partial charge is 0.267 e. The number of aromatic amines is 1. The molecular weight excluding hydrogens is 296 g/mol. The lowest BCUT2D eigenvalue weighted by molar-refractivity contribution is 0.0950. The molecule has 0 unspecified atom stereocenters. The number of H-pyrrole nitrogens is 1. The molecule has 0 saturated heterocycles. The molecule has 112 valence electrons. The first-order valence-corrected chi connectivity index (χ1v) is 7.61. The van der Waals surface area contributed by atoms with E-state index in [0.717, 1.165) is 27.9 Å². The quantitative estimate of drug-likeness (QED) is 0.748. The summed E-state index contributed by atoms with van der Waals surface area (Å²) in [6.07, 6.45) is 0.780. The first-order chi connectivity index (χ1) is 10.6. The summed E-state index contributed by atoms with van der Waals surface area (Å²) < 4.78 is 0. The number of aromatic nitrogens is 1. The molecule has 0 spiro atoms. The minimum absolute atomic E-state index is 0.0807. The predicted molar refractivity (Wildman–Crippen MR) is 90.5 cm³/mol. The van der Waals surface area contributed by atoms with Crippen molar-refractivity contribution in [2.24, 2.45) is 0 Å². The van der Waals surface area contributed by atoms with Crippen molar-refractivity contribution < 1.29 is 4.79 Å². The Kier molecular flexibility index (Phi) is 4.16. The van der Waals surface area contributed by atoms with Gasteiger partial charge in [-0.3, -0.25) is 4.79 Å². The van der Waals surface area contributed by atoms with Gasteiger partial charge in [-0.1, -0.05) is 35.9 Å². The fourth-order valence-corrected chi connectivity index (χ4v) is 2.56. The summed E-state index contributed by atoms with van der Waals surface area (Å²) in [5.74, 6) is -0.0807. The van der Waals surface area contributed by atoms with E-state index in [1.807, 2.05) is 55.5 Å². The summed E-state index contributed by atoms with van der Waals surface area (Å²) in [6.45, 7) is 2.63. The van der Waals surface area contributed by atoms with Crippen molar-refractivity contribution in [3.63, 3.8) is 0 Å². The highest BCUT2D eigenvalue weighted by Crippen LogP contribution is 2.16. The van der Waals surface area contributed by atoms with E-state index in [0.29, 0.717) is 12.2 Å². The maximum Gasteiger partial charge on any atom is 0.267 e. The summed E-state index contributed by atoms with van der Waals surface area (Å²) >= 11 is 5.85. The van der Waals surface area contributed by atoms with Crippen molar-refractivity contribution in [3.8, 4) is 0 Å². The Morgan fingerprint density at radius 1 is 1.14 bits per heavy atom. The van der Waals surface area contributed by atoms with Gasteiger partial charge in [-0.05, 0) is 48.7 Å². The van der Waals surface area contributed by atoms with Crippen LogP contribution < -0.4 is 5.32 Å². The summed E-state index contributed by atoms with van der Waals surface area (Å²) in [7, 11) is 0. The highest BCUT2D eigenvalue weighted by molar-refractivity contribution is 6.30. The molecule has 1 heterocycles. The van der Waals surface area contributed by atoms with Crippen LogP contribution in [0, 0.1) is 6.92 Å². The Bertz CT molecular complexity index is 806. The third kappa shape index (κ3) is 3.31. The Balaban J connectivity index is 1.62. The zero-order valence-corrected chi connectivity index (χ0v) is 13.1. The number of hydrogen-bond donors (Lipinski definition) is 2. The topological polar surface area (TPSA) is 44.9 Å². The van der Waals surface area contributed by atoms with Crippen LogP contribution in [0.3, 0.4) is 0 Å². The van der Waals surface area contributed by atoms with Crippen LogP contribution in [-0.4, -0.2) is 17.4 Å². The van der Waals surface area contributed by atoms with Gasteiger partial charge in [-0.25, -0.2) is 0 Å². The fraction of sp³-hybridized carbons (Fsp3) is 0.167. The molecule has 0 saturated carbocycles. The van der Waals surface area contributed by atoms with Gasteiger partial charge in [0, 0.05) is 22.5 Å². The Morgan fingerprint density at radius 2 is 1.91 bits per heavy atom. The number of nitrogens with one attached hydrogen (secondary N) is 2. The molecule has 0 atom stereocenters. The lowest BCUT2D eigenvalue weighted by Crippen LogP contribution is -2.25. The molecule has 3 nitrogen and oxygen atoms in total. The van der Waals surface area contributed by atoms with Crippen LogP contribution >= 0.6 is 11.6 Å². The second-order valence-corrected chi connectivity index (χ2v) is 5.84. The van der Waals surface area contributed by atoms with E-state index >= 15 is 0 Å². The number of benzene rings is 2. The lowest BCUT2D eigenvalue weighted by atomic mass is 10.1. The van der Waals surface area contributed by atoms with E-state index in [1.165, 1.54) is 5.56 Å². The number of rotatable bonds is 4. The molecular formula is C18H17ClN2O. The van der Waals surface area contributed by atoms with Gasteiger partial charge >= 0.3 is 0 Å². The van der Waals surface area contributed by atoms with Crippen molar-refractivity contribution in [1.29, 1.82) is 0 Å². The Morgan fingerprint density at radius 3 is 2.68 bits per heavy atom. The number of fused-ring (bicyclic) bond motifs is 1. The maximum atomic E-state index is 12.2. The molecule has 2 N–H and O–H groups in total. The summed E-state index contributed by atoms with van der Waals surface area (Å²) in [6, 6.07) is 15.6. The first-order valence-electron chi connectivity index (χ1n) is 7.24. The van der Waals surface area contributed by atoms with Crippen LogP contribution in [0.1, 0.15) is 21.6 Å². The molecule has 0 aliphatic carbocycles.